The van der Waals surface area contributed by atoms with E-state index in [1.165, 1.54) is 4.90 Å². The third kappa shape index (κ3) is 2.68. The number of hydrogen-bond donors (Lipinski definition) is 1. The first-order valence-corrected chi connectivity index (χ1v) is 5.82. The Balaban J connectivity index is 2.25. The molecule has 1 N–H and O–H groups in total. The summed E-state index contributed by atoms with van der Waals surface area (Å²) in [5.41, 5.74) is 0.562. The molecule has 0 aromatic heterocycles. The summed E-state index contributed by atoms with van der Waals surface area (Å²) in [4.78, 5) is 24.3. The molecule has 5 nitrogen and oxygen atoms in total. The first-order chi connectivity index (χ1) is 9.13. The van der Waals surface area contributed by atoms with E-state index in [1.54, 1.807) is 24.3 Å². The number of carboxylic acids is 1. The summed E-state index contributed by atoms with van der Waals surface area (Å²) in [6, 6.07) is 6.95. The first kappa shape index (κ1) is 13.0. The van der Waals surface area contributed by atoms with Gasteiger partial charge in [-0.05, 0) is 12.1 Å². The molecule has 0 aliphatic carbocycles. The molecule has 1 aliphatic rings. The van der Waals surface area contributed by atoms with Crippen LogP contribution < -0.4 is 9.64 Å². The second kappa shape index (κ2) is 5.44. The lowest BCUT2D eigenvalue weighted by atomic mass is 10.1. The Bertz CT molecular complexity index is 547. The maximum atomic E-state index is 11.9. The third-order valence-corrected chi connectivity index (χ3v) is 2.94. The van der Waals surface area contributed by atoms with Gasteiger partial charge >= 0.3 is 5.97 Å². The van der Waals surface area contributed by atoms with Crippen molar-refractivity contribution < 1.29 is 19.4 Å². The van der Waals surface area contributed by atoms with E-state index in [4.69, 9.17) is 16.3 Å². The minimum absolute atomic E-state index is 0.0127. The van der Waals surface area contributed by atoms with Crippen molar-refractivity contribution in [1.29, 1.82) is 0 Å². The summed E-state index contributed by atoms with van der Waals surface area (Å²) in [5, 5.41) is 8.97. The molecule has 0 radical (unpaired) electrons. The monoisotopic (exact) mass is 259 g/mol. The molecule has 2 rings (SSSR count). The summed E-state index contributed by atoms with van der Waals surface area (Å²) in [5.74, 6) is 0.987. The van der Waals surface area contributed by atoms with Crippen LogP contribution in [0.3, 0.4) is 0 Å². The predicted octanol–water partition coefficient (Wildman–Crippen LogP) is 1.14. The maximum Gasteiger partial charge on any atom is 0.308 e. The Morgan fingerprint density at radius 1 is 1.53 bits per heavy atom. The van der Waals surface area contributed by atoms with Crippen molar-refractivity contribution in [3.8, 4) is 18.1 Å². The molecule has 1 atom stereocenters. The van der Waals surface area contributed by atoms with Gasteiger partial charge in [-0.3, -0.25) is 9.59 Å². The lowest BCUT2D eigenvalue weighted by Crippen LogP contribution is -2.26. The van der Waals surface area contributed by atoms with E-state index in [2.05, 4.69) is 5.92 Å². The number of amides is 1. The van der Waals surface area contributed by atoms with Crippen LogP contribution in [0.5, 0.6) is 5.75 Å². The number of terminal acetylenes is 1. The number of benzene rings is 1. The minimum atomic E-state index is -0.960. The smallest absolute Gasteiger partial charge is 0.308 e. The van der Waals surface area contributed by atoms with Crippen LogP contribution in [-0.2, 0) is 9.59 Å². The molecule has 0 spiro atoms. The predicted molar refractivity (Wildman–Crippen MR) is 68.9 cm³/mol. The molecule has 1 aromatic rings. The van der Waals surface area contributed by atoms with Crippen LogP contribution in [0.15, 0.2) is 24.3 Å². The van der Waals surface area contributed by atoms with Gasteiger partial charge in [-0.2, -0.15) is 0 Å². The molecule has 1 fully saturated rings. The number of para-hydroxylation sites is 2. The van der Waals surface area contributed by atoms with E-state index in [0.29, 0.717) is 11.4 Å². The van der Waals surface area contributed by atoms with Gasteiger partial charge in [0, 0.05) is 13.0 Å². The quantitative estimate of drug-likeness (QED) is 0.823. The molecule has 1 amide bonds. The fourth-order valence-corrected chi connectivity index (χ4v) is 2.03. The maximum absolute atomic E-state index is 11.9. The van der Waals surface area contributed by atoms with Crippen LogP contribution in [0.25, 0.3) is 0 Å². The largest absolute Gasteiger partial charge is 0.481 e. The molecule has 1 unspecified atom stereocenters. The highest BCUT2D eigenvalue weighted by molar-refractivity contribution is 6.00. The van der Waals surface area contributed by atoms with E-state index in [1.807, 2.05) is 0 Å². The molecule has 0 saturated carbocycles. The van der Waals surface area contributed by atoms with Crippen LogP contribution >= 0.6 is 0 Å². The Morgan fingerprint density at radius 3 is 2.89 bits per heavy atom. The normalized spacial score (nSPS) is 18.2. The summed E-state index contributed by atoms with van der Waals surface area (Å²) < 4.78 is 5.37. The molecule has 5 heteroatoms. The van der Waals surface area contributed by atoms with Crippen molar-refractivity contribution in [2.45, 2.75) is 6.42 Å². The van der Waals surface area contributed by atoms with E-state index >= 15 is 0 Å². The van der Waals surface area contributed by atoms with Gasteiger partial charge in [-0.15, -0.1) is 6.42 Å². The molecular formula is C14H13NO4. The second-order valence-electron chi connectivity index (χ2n) is 4.20. The number of aliphatic carboxylic acids is 1. The molecule has 0 bridgehead atoms. The third-order valence-electron chi connectivity index (χ3n) is 2.94. The number of carbonyl (C=O) groups excluding carboxylic acids is 1. The van der Waals surface area contributed by atoms with Gasteiger partial charge in [0.05, 0.1) is 11.6 Å². The molecule has 98 valence electrons. The van der Waals surface area contributed by atoms with Crippen molar-refractivity contribution in [3.63, 3.8) is 0 Å². The number of carbonyl (C=O) groups is 2. The van der Waals surface area contributed by atoms with E-state index in [0.717, 1.165) is 0 Å². The van der Waals surface area contributed by atoms with E-state index < -0.39 is 11.9 Å². The van der Waals surface area contributed by atoms with Gasteiger partial charge in [-0.1, -0.05) is 18.1 Å². The highest BCUT2D eigenvalue weighted by Gasteiger charge is 2.36. The van der Waals surface area contributed by atoms with Crippen molar-refractivity contribution in [2.75, 3.05) is 18.1 Å². The van der Waals surface area contributed by atoms with Gasteiger partial charge in [0.15, 0.2) is 0 Å². The lowest BCUT2D eigenvalue weighted by Gasteiger charge is -2.19. The van der Waals surface area contributed by atoms with Crippen LogP contribution in [0.1, 0.15) is 6.42 Å². The summed E-state index contributed by atoms with van der Waals surface area (Å²) >= 11 is 0. The van der Waals surface area contributed by atoms with Gasteiger partial charge in [0.25, 0.3) is 0 Å². The van der Waals surface area contributed by atoms with Gasteiger partial charge in [0.1, 0.15) is 12.4 Å². The number of anilines is 1. The standard InChI is InChI=1S/C14H13NO4/c1-2-7-19-12-6-4-3-5-11(12)15-9-10(14(17)18)8-13(15)16/h1,3-6,10H,7-9H2,(H,17,18). The lowest BCUT2D eigenvalue weighted by molar-refractivity contribution is -0.141. The number of ether oxygens (including phenoxy) is 1. The molecule has 1 saturated heterocycles. The van der Waals surface area contributed by atoms with Gasteiger partial charge in [0.2, 0.25) is 5.91 Å². The molecular weight excluding hydrogens is 246 g/mol. The highest BCUT2D eigenvalue weighted by atomic mass is 16.5. The molecule has 1 aromatic carbocycles. The number of carboxylic acid groups (broad SMARTS) is 1. The van der Waals surface area contributed by atoms with E-state index in [9.17, 15) is 9.59 Å². The van der Waals surface area contributed by atoms with Crippen molar-refractivity contribution in [3.05, 3.63) is 24.3 Å². The topological polar surface area (TPSA) is 66.8 Å². The number of rotatable bonds is 4. The molecule has 1 aliphatic heterocycles. The summed E-state index contributed by atoms with van der Waals surface area (Å²) in [6.07, 6.45) is 5.15. The fourth-order valence-electron chi connectivity index (χ4n) is 2.03. The van der Waals surface area contributed by atoms with E-state index in [-0.39, 0.29) is 25.5 Å². The fraction of sp³-hybridized carbons (Fsp3) is 0.286. The van der Waals surface area contributed by atoms with Crippen LogP contribution in [0.2, 0.25) is 0 Å². The van der Waals surface area contributed by atoms with Gasteiger partial charge in [-0.25, -0.2) is 0 Å². The Hall–Kier alpha value is -2.48. The number of hydrogen-bond acceptors (Lipinski definition) is 3. The Morgan fingerprint density at radius 2 is 2.26 bits per heavy atom. The zero-order chi connectivity index (χ0) is 13.8. The highest BCUT2D eigenvalue weighted by Crippen LogP contribution is 2.32. The summed E-state index contributed by atoms with van der Waals surface area (Å²) in [7, 11) is 0. The average Bonchev–Trinajstić information content (AvgIpc) is 2.79. The molecule has 1 heterocycles. The van der Waals surface area contributed by atoms with Crippen molar-refractivity contribution >= 4 is 17.6 Å². The molecule has 19 heavy (non-hydrogen) atoms. The first-order valence-electron chi connectivity index (χ1n) is 5.82. The summed E-state index contributed by atoms with van der Waals surface area (Å²) in [6.45, 7) is 0.256. The second-order valence-corrected chi connectivity index (χ2v) is 4.20. The zero-order valence-corrected chi connectivity index (χ0v) is 10.2. The number of nitrogens with zero attached hydrogens (tertiary/aromatic N) is 1. The zero-order valence-electron chi connectivity index (χ0n) is 10.2. The Kier molecular flexibility index (Phi) is 3.71. The Labute approximate surface area is 110 Å². The minimum Gasteiger partial charge on any atom is -0.481 e. The SMILES string of the molecule is C#CCOc1ccccc1N1CC(C(=O)O)CC1=O. The van der Waals surface area contributed by atoms with Crippen molar-refractivity contribution in [1.82, 2.24) is 0 Å². The van der Waals surface area contributed by atoms with Crippen LogP contribution in [0, 0.1) is 18.3 Å². The van der Waals surface area contributed by atoms with Crippen LogP contribution in [0.4, 0.5) is 5.69 Å². The van der Waals surface area contributed by atoms with Crippen molar-refractivity contribution in [2.24, 2.45) is 5.92 Å². The average molecular weight is 259 g/mol. The van der Waals surface area contributed by atoms with Gasteiger partial charge < -0.3 is 14.7 Å². The van der Waals surface area contributed by atoms with Crippen LogP contribution in [-0.4, -0.2) is 30.1 Å².